The average molecular weight is 489 g/mol. The molecule has 2 saturated carbocycles. The summed E-state index contributed by atoms with van der Waals surface area (Å²) in [7, 11) is 0. The van der Waals surface area contributed by atoms with Gasteiger partial charge in [-0.15, -0.1) is 0 Å². The number of rotatable bonds is 7. The zero-order chi connectivity index (χ0) is 24.9. The van der Waals surface area contributed by atoms with Crippen LogP contribution in [0.5, 0.6) is 5.75 Å². The van der Waals surface area contributed by atoms with E-state index in [1.165, 1.54) is 12.1 Å². The first-order valence-corrected chi connectivity index (χ1v) is 12.9. The summed E-state index contributed by atoms with van der Waals surface area (Å²) in [6.45, 7) is 5.03. The van der Waals surface area contributed by atoms with Crippen molar-refractivity contribution in [3.8, 4) is 5.75 Å². The fraction of sp³-hybridized carbons (Fsp3) is 0.552. The van der Waals surface area contributed by atoms with Gasteiger partial charge in [0.25, 0.3) is 0 Å². The summed E-state index contributed by atoms with van der Waals surface area (Å²) in [4.78, 5) is 12.7. The highest BCUT2D eigenvalue weighted by atomic mass is 19.2. The standard InChI is InChI=1S/C29H35F3O3/c1-3-34-17-19-6-13-23(25(30)16-19)20-9-11-22(12-10-20)29(33)35-26-15-14-24(27(31)28(26)32)21-7-4-18(2)5-8-21/h6,13-16,18,20-22H,3-5,7-12,17H2,1-2H3. The Kier molecular flexibility index (Phi) is 8.53. The van der Waals surface area contributed by atoms with E-state index in [0.717, 1.165) is 31.2 Å². The minimum atomic E-state index is -1.09. The Morgan fingerprint density at radius 2 is 1.49 bits per heavy atom. The Hall–Kier alpha value is -2.34. The summed E-state index contributed by atoms with van der Waals surface area (Å²) in [6, 6.07) is 8.15. The Morgan fingerprint density at radius 3 is 2.14 bits per heavy atom. The molecule has 0 unspecified atom stereocenters. The lowest BCUT2D eigenvalue weighted by molar-refractivity contribution is -0.140. The van der Waals surface area contributed by atoms with E-state index in [1.54, 1.807) is 12.1 Å². The van der Waals surface area contributed by atoms with E-state index in [-0.39, 0.29) is 23.4 Å². The van der Waals surface area contributed by atoms with Crippen LogP contribution in [0, 0.1) is 29.3 Å². The Bertz CT molecular complexity index is 1020. The maximum atomic E-state index is 14.8. The zero-order valence-electron chi connectivity index (χ0n) is 20.6. The summed E-state index contributed by atoms with van der Waals surface area (Å²) in [5.74, 6) is -2.90. The van der Waals surface area contributed by atoms with E-state index in [9.17, 15) is 18.0 Å². The molecule has 0 N–H and O–H groups in total. The molecule has 0 aliphatic heterocycles. The van der Waals surface area contributed by atoms with Crippen LogP contribution in [0.4, 0.5) is 13.2 Å². The summed E-state index contributed by atoms with van der Waals surface area (Å²) >= 11 is 0. The SMILES string of the molecule is CCOCc1ccc(C2CCC(C(=O)Oc3ccc(C4CCC(C)CC4)c(F)c3F)CC2)c(F)c1. The third-order valence-electron chi connectivity index (χ3n) is 7.78. The fourth-order valence-corrected chi connectivity index (χ4v) is 5.56. The molecule has 4 rings (SSSR count). The van der Waals surface area contributed by atoms with Gasteiger partial charge in [-0.05, 0) is 92.0 Å². The first kappa shape index (κ1) is 25.7. The Balaban J connectivity index is 1.34. The van der Waals surface area contributed by atoms with Gasteiger partial charge in [-0.1, -0.05) is 38.0 Å². The smallest absolute Gasteiger partial charge is 0.314 e. The lowest BCUT2D eigenvalue weighted by atomic mass is 9.78. The van der Waals surface area contributed by atoms with Crippen molar-refractivity contribution in [2.24, 2.45) is 11.8 Å². The van der Waals surface area contributed by atoms with Crippen LogP contribution >= 0.6 is 0 Å². The average Bonchev–Trinajstić information content (AvgIpc) is 2.86. The molecule has 0 spiro atoms. The molecule has 35 heavy (non-hydrogen) atoms. The van der Waals surface area contributed by atoms with E-state index < -0.39 is 23.5 Å². The maximum Gasteiger partial charge on any atom is 0.314 e. The molecule has 0 atom stereocenters. The number of benzene rings is 2. The van der Waals surface area contributed by atoms with E-state index in [0.29, 0.717) is 55.9 Å². The van der Waals surface area contributed by atoms with Gasteiger partial charge < -0.3 is 9.47 Å². The van der Waals surface area contributed by atoms with E-state index in [2.05, 4.69) is 6.92 Å². The molecule has 2 aliphatic rings. The Morgan fingerprint density at radius 1 is 0.857 bits per heavy atom. The molecule has 0 saturated heterocycles. The molecule has 3 nitrogen and oxygen atoms in total. The van der Waals surface area contributed by atoms with Crippen molar-refractivity contribution in [2.45, 2.75) is 83.7 Å². The van der Waals surface area contributed by atoms with Crippen LogP contribution in [-0.2, 0) is 16.1 Å². The molecule has 2 fully saturated rings. The van der Waals surface area contributed by atoms with Crippen LogP contribution in [0.2, 0.25) is 0 Å². The molecule has 2 aliphatic carbocycles. The first-order chi connectivity index (χ1) is 16.9. The second kappa shape index (κ2) is 11.6. The van der Waals surface area contributed by atoms with Crippen molar-refractivity contribution < 1.29 is 27.4 Å². The number of carbonyl (C=O) groups is 1. The van der Waals surface area contributed by atoms with Crippen molar-refractivity contribution in [3.63, 3.8) is 0 Å². The highest BCUT2D eigenvalue weighted by Crippen LogP contribution is 2.40. The first-order valence-electron chi connectivity index (χ1n) is 12.9. The largest absolute Gasteiger partial charge is 0.423 e. The molecule has 2 aromatic rings. The summed E-state index contributed by atoms with van der Waals surface area (Å²) in [5.41, 5.74) is 1.82. The van der Waals surface area contributed by atoms with Crippen molar-refractivity contribution in [1.82, 2.24) is 0 Å². The van der Waals surface area contributed by atoms with Gasteiger partial charge in [0.1, 0.15) is 5.82 Å². The van der Waals surface area contributed by atoms with Crippen molar-refractivity contribution in [3.05, 3.63) is 64.5 Å². The predicted molar refractivity (Wildman–Crippen MR) is 129 cm³/mol. The summed E-state index contributed by atoms with van der Waals surface area (Å²) in [6.07, 6.45) is 6.01. The molecule has 0 heterocycles. The fourth-order valence-electron chi connectivity index (χ4n) is 5.56. The monoisotopic (exact) mass is 488 g/mol. The predicted octanol–water partition coefficient (Wildman–Crippen LogP) is 7.81. The van der Waals surface area contributed by atoms with E-state index >= 15 is 0 Å². The van der Waals surface area contributed by atoms with Gasteiger partial charge in [0.2, 0.25) is 5.82 Å². The highest BCUT2D eigenvalue weighted by molar-refractivity contribution is 5.75. The van der Waals surface area contributed by atoms with Crippen LogP contribution in [-0.4, -0.2) is 12.6 Å². The lowest BCUT2D eigenvalue weighted by Gasteiger charge is -2.28. The maximum absolute atomic E-state index is 14.8. The number of halogens is 3. The van der Waals surface area contributed by atoms with Crippen LogP contribution < -0.4 is 4.74 Å². The molecular formula is C29H35F3O3. The van der Waals surface area contributed by atoms with Gasteiger partial charge in [-0.3, -0.25) is 4.79 Å². The molecule has 190 valence electrons. The van der Waals surface area contributed by atoms with Gasteiger partial charge in [0, 0.05) is 6.61 Å². The van der Waals surface area contributed by atoms with Crippen molar-refractivity contribution in [2.75, 3.05) is 6.61 Å². The second-order valence-electron chi connectivity index (χ2n) is 10.2. The number of hydrogen-bond donors (Lipinski definition) is 0. The minimum absolute atomic E-state index is 0.00867. The van der Waals surface area contributed by atoms with Crippen LogP contribution in [0.1, 0.15) is 93.7 Å². The lowest BCUT2D eigenvalue weighted by Crippen LogP contribution is -2.26. The van der Waals surface area contributed by atoms with Gasteiger partial charge in [0.15, 0.2) is 11.6 Å². The molecule has 0 aromatic heterocycles. The third kappa shape index (κ3) is 6.08. The Labute approximate surface area is 206 Å². The van der Waals surface area contributed by atoms with Crippen LogP contribution in [0.3, 0.4) is 0 Å². The summed E-state index contributed by atoms with van der Waals surface area (Å²) < 4.78 is 54.8. The molecule has 2 aromatic carbocycles. The topological polar surface area (TPSA) is 35.5 Å². The highest BCUT2D eigenvalue weighted by Gasteiger charge is 2.31. The van der Waals surface area contributed by atoms with Crippen LogP contribution in [0.25, 0.3) is 0 Å². The van der Waals surface area contributed by atoms with Gasteiger partial charge >= 0.3 is 5.97 Å². The number of hydrogen-bond acceptors (Lipinski definition) is 3. The molecule has 6 heteroatoms. The van der Waals surface area contributed by atoms with Gasteiger partial charge in [-0.2, -0.15) is 4.39 Å². The van der Waals surface area contributed by atoms with Gasteiger partial charge in [-0.25, -0.2) is 8.78 Å². The van der Waals surface area contributed by atoms with E-state index in [4.69, 9.17) is 9.47 Å². The quantitative estimate of drug-likeness (QED) is 0.294. The van der Waals surface area contributed by atoms with Crippen LogP contribution in [0.15, 0.2) is 30.3 Å². The van der Waals surface area contributed by atoms with Crippen molar-refractivity contribution in [1.29, 1.82) is 0 Å². The number of ether oxygens (including phenoxy) is 2. The number of esters is 1. The normalized spacial score (nSPS) is 24.8. The van der Waals surface area contributed by atoms with E-state index in [1.807, 2.05) is 13.0 Å². The summed E-state index contributed by atoms with van der Waals surface area (Å²) in [5, 5.41) is 0. The zero-order valence-corrected chi connectivity index (χ0v) is 20.6. The minimum Gasteiger partial charge on any atom is -0.423 e. The molecular weight excluding hydrogens is 453 g/mol. The van der Waals surface area contributed by atoms with Crippen molar-refractivity contribution >= 4 is 5.97 Å². The number of carbonyl (C=O) groups excluding carboxylic acids is 1. The van der Waals surface area contributed by atoms with Gasteiger partial charge in [0.05, 0.1) is 12.5 Å². The molecule has 0 radical (unpaired) electrons. The second-order valence-corrected chi connectivity index (χ2v) is 10.2. The third-order valence-corrected chi connectivity index (χ3v) is 7.78. The molecule has 0 amide bonds. The molecule has 0 bridgehead atoms.